The van der Waals surface area contributed by atoms with Gasteiger partial charge in [-0.25, -0.2) is 13.8 Å². The Morgan fingerprint density at radius 1 is 1.53 bits per heavy atom. The summed E-state index contributed by atoms with van der Waals surface area (Å²) in [6.45, 7) is -0.0155. The van der Waals surface area contributed by atoms with Crippen molar-refractivity contribution in [2.45, 2.75) is 19.4 Å². The van der Waals surface area contributed by atoms with Crippen LogP contribution in [0.3, 0.4) is 0 Å². The SMILES string of the molecule is N#CCc1cc(CN)c(C(F)F)nc1Br. The van der Waals surface area contributed by atoms with Crippen LogP contribution in [-0.2, 0) is 13.0 Å². The maximum Gasteiger partial charge on any atom is 0.280 e. The normalized spacial score (nSPS) is 10.4. The zero-order chi connectivity index (χ0) is 11.4. The van der Waals surface area contributed by atoms with Crippen LogP contribution in [0.2, 0.25) is 0 Å². The van der Waals surface area contributed by atoms with Crippen molar-refractivity contribution in [3.05, 3.63) is 27.5 Å². The van der Waals surface area contributed by atoms with E-state index in [2.05, 4.69) is 20.9 Å². The maximum absolute atomic E-state index is 12.5. The number of pyridine rings is 1. The van der Waals surface area contributed by atoms with E-state index in [1.807, 2.05) is 6.07 Å². The van der Waals surface area contributed by atoms with Crippen LogP contribution in [0.25, 0.3) is 0 Å². The largest absolute Gasteiger partial charge is 0.326 e. The fourth-order valence-corrected chi connectivity index (χ4v) is 1.60. The number of halogens is 3. The van der Waals surface area contributed by atoms with E-state index in [0.29, 0.717) is 5.56 Å². The first-order valence-corrected chi connectivity index (χ1v) is 4.92. The number of nitrogens with two attached hydrogens (primary N) is 1. The molecule has 0 amide bonds. The van der Waals surface area contributed by atoms with Crippen LogP contribution in [0.15, 0.2) is 10.7 Å². The first kappa shape index (κ1) is 12.0. The monoisotopic (exact) mass is 275 g/mol. The molecule has 0 aliphatic heterocycles. The Balaban J connectivity index is 3.24. The van der Waals surface area contributed by atoms with E-state index in [1.54, 1.807) is 0 Å². The number of hydrogen-bond donors (Lipinski definition) is 1. The summed E-state index contributed by atoms with van der Waals surface area (Å²) < 4.78 is 25.3. The van der Waals surface area contributed by atoms with E-state index in [9.17, 15) is 8.78 Å². The summed E-state index contributed by atoms with van der Waals surface area (Å²) in [6, 6.07) is 3.41. The molecule has 6 heteroatoms. The summed E-state index contributed by atoms with van der Waals surface area (Å²) in [5.74, 6) is 0. The molecular weight excluding hydrogens is 268 g/mol. The Labute approximate surface area is 94.0 Å². The van der Waals surface area contributed by atoms with Crippen LogP contribution < -0.4 is 5.73 Å². The number of aromatic nitrogens is 1. The molecule has 0 aliphatic carbocycles. The fourth-order valence-electron chi connectivity index (χ4n) is 1.15. The van der Waals surface area contributed by atoms with Crippen LogP contribution in [0.5, 0.6) is 0 Å². The topological polar surface area (TPSA) is 62.7 Å². The molecule has 0 aromatic carbocycles. The quantitative estimate of drug-likeness (QED) is 0.861. The molecule has 80 valence electrons. The van der Waals surface area contributed by atoms with E-state index in [1.165, 1.54) is 6.07 Å². The maximum atomic E-state index is 12.5. The summed E-state index contributed by atoms with van der Waals surface area (Å²) in [7, 11) is 0. The van der Waals surface area contributed by atoms with Gasteiger partial charge in [0, 0.05) is 6.54 Å². The Morgan fingerprint density at radius 2 is 2.20 bits per heavy atom. The smallest absolute Gasteiger partial charge is 0.280 e. The third-order valence-electron chi connectivity index (χ3n) is 1.86. The first-order valence-electron chi connectivity index (χ1n) is 4.13. The molecule has 3 nitrogen and oxygen atoms in total. The Bertz CT molecular complexity index is 401. The van der Waals surface area contributed by atoms with E-state index in [0.717, 1.165) is 0 Å². The Hall–Kier alpha value is -1.06. The molecule has 0 bridgehead atoms. The minimum atomic E-state index is -2.66. The lowest BCUT2D eigenvalue weighted by Gasteiger charge is -2.09. The lowest BCUT2D eigenvalue weighted by molar-refractivity contribution is 0.144. The van der Waals surface area contributed by atoms with Crippen LogP contribution in [0.4, 0.5) is 8.78 Å². The molecule has 0 saturated carbocycles. The van der Waals surface area contributed by atoms with Crippen molar-refractivity contribution in [3.63, 3.8) is 0 Å². The van der Waals surface area contributed by atoms with Crippen LogP contribution in [0, 0.1) is 11.3 Å². The van der Waals surface area contributed by atoms with E-state index in [-0.39, 0.29) is 28.8 Å². The molecule has 2 N–H and O–H groups in total. The second kappa shape index (κ2) is 5.14. The molecule has 0 atom stereocenters. The van der Waals surface area contributed by atoms with Crippen molar-refractivity contribution < 1.29 is 8.78 Å². The highest BCUT2D eigenvalue weighted by Gasteiger charge is 2.16. The number of nitriles is 1. The van der Waals surface area contributed by atoms with E-state index < -0.39 is 6.43 Å². The standard InChI is InChI=1S/C9H8BrF2N3/c10-8-5(1-2-13)3-6(4-14)7(15-8)9(11)12/h3,9H,1,4,14H2. The van der Waals surface area contributed by atoms with Gasteiger partial charge in [-0.15, -0.1) is 0 Å². The summed E-state index contributed by atoms with van der Waals surface area (Å²) in [6.07, 6.45) is -2.54. The average molecular weight is 276 g/mol. The summed E-state index contributed by atoms with van der Waals surface area (Å²) >= 11 is 3.04. The summed E-state index contributed by atoms with van der Waals surface area (Å²) in [5, 5.41) is 8.51. The Morgan fingerprint density at radius 3 is 2.67 bits per heavy atom. The first-order chi connectivity index (χ1) is 7.10. The van der Waals surface area contributed by atoms with Gasteiger partial charge in [-0.2, -0.15) is 5.26 Å². The number of alkyl halides is 2. The van der Waals surface area contributed by atoms with Gasteiger partial charge in [0.25, 0.3) is 6.43 Å². The molecule has 1 aromatic rings. The summed E-state index contributed by atoms with van der Waals surface area (Å²) in [5.41, 5.74) is 5.85. The third kappa shape index (κ3) is 2.70. The van der Waals surface area contributed by atoms with Crippen molar-refractivity contribution in [3.8, 4) is 6.07 Å². The predicted octanol–water partition coefficient (Wildman–Crippen LogP) is 2.31. The van der Waals surface area contributed by atoms with Crippen molar-refractivity contribution in [2.24, 2.45) is 5.73 Å². The molecule has 1 rings (SSSR count). The van der Waals surface area contributed by atoms with Crippen LogP contribution >= 0.6 is 15.9 Å². The van der Waals surface area contributed by atoms with Crippen molar-refractivity contribution >= 4 is 15.9 Å². The van der Waals surface area contributed by atoms with Gasteiger partial charge in [0.2, 0.25) is 0 Å². The second-order valence-electron chi connectivity index (χ2n) is 2.82. The highest BCUT2D eigenvalue weighted by Crippen LogP contribution is 2.25. The molecule has 0 unspecified atom stereocenters. The number of rotatable bonds is 3. The minimum absolute atomic E-state index is 0.0155. The van der Waals surface area contributed by atoms with Gasteiger partial charge in [-0.3, -0.25) is 0 Å². The molecular formula is C9H8BrF2N3. The van der Waals surface area contributed by atoms with Gasteiger partial charge in [0.15, 0.2) is 0 Å². The molecule has 0 saturated heterocycles. The van der Waals surface area contributed by atoms with Gasteiger partial charge in [0.05, 0.1) is 12.5 Å². The molecule has 0 aliphatic rings. The van der Waals surface area contributed by atoms with Gasteiger partial charge in [0.1, 0.15) is 10.3 Å². The zero-order valence-electron chi connectivity index (χ0n) is 7.67. The molecule has 0 radical (unpaired) electrons. The predicted molar refractivity (Wildman–Crippen MR) is 54.1 cm³/mol. The highest BCUT2D eigenvalue weighted by molar-refractivity contribution is 9.10. The third-order valence-corrected chi connectivity index (χ3v) is 2.54. The number of nitrogens with zero attached hydrogens (tertiary/aromatic N) is 2. The number of hydrogen-bond acceptors (Lipinski definition) is 3. The van der Waals surface area contributed by atoms with Crippen LogP contribution in [0.1, 0.15) is 23.2 Å². The lowest BCUT2D eigenvalue weighted by Crippen LogP contribution is -2.06. The minimum Gasteiger partial charge on any atom is -0.326 e. The van der Waals surface area contributed by atoms with Crippen molar-refractivity contribution in [2.75, 3.05) is 0 Å². The average Bonchev–Trinajstić information content (AvgIpc) is 2.20. The molecule has 1 aromatic heterocycles. The van der Waals surface area contributed by atoms with Gasteiger partial charge < -0.3 is 5.73 Å². The van der Waals surface area contributed by atoms with Gasteiger partial charge in [-0.1, -0.05) is 0 Å². The van der Waals surface area contributed by atoms with Gasteiger partial charge in [-0.05, 0) is 33.1 Å². The van der Waals surface area contributed by atoms with Crippen molar-refractivity contribution in [1.29, 1.82) is 5.26 Å². The zero-order valence-corrected chi connectivity index (χ0v) is 9.26. The van der Waals surface area contributed by atoms with Crippen LogP contribution in [-0.4, -0.2) is 4.98 Å². The Kier molecular flexibility index (Phi) is 4.12. The second-order valence-corrected chi connectivity index (χ2v) is 3.57. The fraction of sp³-hybridized carbons (Fsp3) is 0.333. The lowest BCUT2D eigenvalue weighted by atomic mass is 10.1. The van der Waals surface area contributed by atoms with E-state index >= 15 is 0 Å². The highest BCUT2D eigenvalue weighted by atomic mass is 79.9. The van der Waals surface area contributed by atoms with Crippen molar-refractivity contribution in [1.82, 2.24) is 4.98 Å². The summed E-state index contributed by atoms with van der Waals surface area (Å²) in [4.78, 5) is 3.70. The molecule has 1 heterocycles. The van der Waals surface area contributed by atoms with E-state index in [4.69, 9.17) is 11.0 Å². The molecule has 0 spiro atoms. The molecule has 15 heavy (non-hydrogen) atoms. The van der Waals surface area contributed by atoms with Gasteiger partial charge >= 0.3 is 0 Å². The molecule has 0 fully saturated rings.